The van der Waals surface area contributed by atoms with Crippen molar-refractivity contribution >= 4 is 21.7 Å². The van der Waals surface area contributed by atoms with Gasteiger partial charge in [0.05, 0.1) is 10.6 Å². The highest BCUT2D eigenvalue weighted by Gasteiger charge is 2.19. The van der Waals surface area contributed by atoms with Gasteiger partial charge in [-0.3, -0.25) is 0 Å². The van der Waals surface area contributed by atoms with Crippen LogP contribution in [0, 0.1) is 13.8 Å². The molecular formula is C12H16N4O3S. The molecule has 2 heterocycles. The van der Waals surface area contributed by atoms with E-state index in [1.54, 1.807) is 13.8 Å². The van der Waals surface area contributed by atoms with Gasteiger partial charge in [-0.05, 0) is 26.8 Å². The Balaban J connectivity index is 2.30. The van der Waals surface area contributed by atoms with Crippen molar-refractivity contribution in [3.63, 3.8) is 0 Å². The van der Waals surface area contributed by atoms with Gasteiger partial charge in [-0.2, -0.15) is 0 Å². The van der Waals surface area contributed by atoms with E-state index in [4.69, 9.17) is 4.52 Å². The number of aryl methyl sites for hydroxylation is 1. The molecule has 7 nitrogen and oxygen atoms in total. The first-order valence-corrected chi connectivity index (χ1v) is 7.58. The molecule has 0 atom stereocenters. The third-order valence-electron chi connectivity index (χ3n) is 2.78. The fourth-order valence-corrected chi connectivity index (χ4v) is 2.61. The predicted molar refractivity (Wildman–Crippen MR) is 75.2 cm³/mol. The average Bonchev–Trinajstić information content (AvgIpc) is 2.71. The number of hydrogen-bond acceptors (Lipinski definition) is 6. The molecule has 0 aliphatic rings. The van der Waals surface area contributed by atoms with Crippen molar-refractivity contribution in [3.8, 4) is 0 Å². The van der Waals surface area contributed by atoms with E-state index >= 15 is 0 Å². The topological polar surface area (TPSA) is 97.1 Å². The molecule has 0 unspecified atom stereocenters. The monoisotopic (exact) mass is 296 g/mol. The number of nitrogens with one attached hydrogen (secondary N) is 2. The van der Waals surface area contributed by atoms with Crippen molar-refractivity contribution in [1.29, 1.82) is 0 Å². The zero-order valence-electron chi connectivity index (χ0n) is 11.5. The lowest BCUT2D eigenvalue weighted by molar-refractivity contribution is 0.430. The van der Waals surface area contributed by atoms with Gasteiger partial charge in [0, 0.05) is 24.4 Å². The van der Waals surface area contributed by atoms with E-state index in [1.807, 2.05) is 6.92 Å². The molecule has 0 amide bonds. The fourth-order valence-electron chi connectivity index (χ4n) is 1.55. The van der Waals surface area contributed by atoms with Crippen molar-refractivity contribution in [2.45, 2.75) is 25.7 Å². The Labute approximate surface area is 117 Å². The standard InChI is InChI=1S/C12H16N4O3S/c1-4-13-11-7-10(5-6-14-11)20(17,18)16-12-8(2)9(3)15-19-12/h5-7,16H,4H2,1-3H3,(H,13,14). The minimum atomic E-state index is -3.73. The molecule has 0 radical (unpaired) electrons. The average molecular weight is 296 g/mol. The zero-order valence-corrected chi connectivity index (χ0v) is 12.3. The van der Waals surface area contributed by atoms with Crippen LogP contribution >= 0.6 is 0 Å². The third kappa shape index (κ3) is 2.90. The maximum Gasteiger partial charge on any atom is 0.264 e. The van der Waals surface area contributed by atoms with E-state index in [0.29, 0.717) is 23.6 Å². The summed E-state index contributed by atoms with van der Waals surface area (Å²) in [6.07, 6.45) is 1.44. The molecule has 0 aromatic carbocycles. The number of sulfonamides is 1. The van der Waals surface area contributed by atoms with Gasteiger partial charge in [-0.15, -0.1) is 0 Å². The van der Waals surface area contributed by atoms with Gasteiger partial charge in [0.25, 0.3) is 10.0 Å². The van der Waals surface area contributed by atoms with Crippen LogP contribution < -0.4 is 10.0 Å². The van der Waals surface area contributed by atoms with Crippen LogP contribution in [0.15, 0.2) is 27.7 Å². The number of nitrogens with zero attached hydrogens (tertiary/aromatic N) is 2. The van der Waals surface area contributed by atoms with Gasteiger partial charge >= 0.3 is 0 Å². The third-order valence-corrected chi connectivity index (χ3v) is 4.11. The van der Waals surface area contributed by atoms with Crippen LogP contribution in [-0.4, -0.2) is 25.1 Å². The van der Waals surface area contributed by atoms with E-state index in [1.165, 1.54) is 18.3 Å². The summed E-state index contributed by atoms with van der Waals surface area (Å²) in [5, 5.41) is 6.67. The Morgan fingerprint density at radius 2 is 2.10 bits per heavy atom. The fraction of sp³-hybridized carbons (Fsp3) is 0.333. The van der Waals surface area contributed by atoms with Crippen LogP contribution in [0.1, 0.15) is 18.2 Å². The Morgan fingerprint density at radius 1 is 1.35 bits per heavy atom. The summed E-state index contributed by atoms with van der Waals surface area (Å²) in [6.45, 7) is 6.04. The van der Waals surface area contributed by atoms with Crippen molar-refractivity contribution < 1.29 is 12.9 Å². The van der Waals surface area contributed by atoms with Crippen molar-refractivity contribution in [1.82, 2.24) is 10.1 Å². The molecule has 0 saturated carbocycles. The lowest BCUT2D eigenvalue weighted by Crippen LogP contribution is -2.14. The molecule has 0 aliphatic heterocycles. The molecule has 2 N–H and O–H groups in total. The minimum absolute atomic E-state index is 0.108. The van der Waals surface area contributed by atoms with Gasteiger partial charge in [-0.1, -0.05) is 5.16 Å². The second-order valence-corrected chi connectivity index (χ2v) is 5.92. The Morgan fingerprint density at radius 3 is 2.70 bits per heavy atom. The van der Waals surface area contributed by atoms with E-state index in [9.17, 15) is 8.42 Å². The molecule has 0 aliphatic carbocycles. The van der Waals surface area contributed by atoms with Gasteiger partial charge in [-0.25, -0.2) is 18.1 Å². The molecule has 0 bridgehead atoms. The number of rotatable bonds is 5. The highest BCUT2D eigenvalue weighted by Crippen LogP contribution is 2.22. The lowest BCUT2D eigenvalue weighted by atomic mass is 10.3. The molecule has 108 valence electrons. The molecule has 2 aromatic rings. The first-order chi connectivity index (χ1) is 9.44. The van der Waals surface area contributed by atoms with Crippen molar-refractivity contribution in [3.05, 3.63) is 29.6 Å². The smallest absolute Gasteiger partial charge is 0.264 e. The maximum atomic E-state index is 12.3. The first kappa shape index (κ1) is 14.3. The molecule has 0 fully saturated rings. The first-order valence-electron chi connectivity index (χ1n) is 6.09. The van der Waals surface area contributed by atoms with E-state index in [2.05, 4.69) is 20.2 Å². The van der Waals surface area contributed by atoms with Crippen LogP contribution in [0.25, 0.3) is 0 Å². The number of hydrogen-bond donors (Lipinski definition) is 2. The minimum Gasteiger partial charge on any atom is -0.370 e. The number of anilines is 2. The van der Waals surface area contributed by atoms with Crippen LogP contribution in [0.4, 0.5) is 11.7 Å². The highest BCUT2D eigenvalue weighted by atomic mass is 32.2. The summed E-state index contributed by atoms with van der Waals surface area (Å²) in [7, 11) is -3.73. The SMILES string of the molecule is CCNc1cc(S(=O)(=O)Nc2onc(C)c2C)ccn1. The molecule has 2 aromatic heterocycles. The molecule has 8 heteroatoms. The molecule has 2 rings (SSSR count). The summed E-state index contributed by atoms with van der Waals surface area (Å²) in [5.41, 5.74) is 1.31. The second kappa shape index (κ2) is 5.49. The summed E-state index contributed by atoms with van der Waals surface area (Å²) >= 11 is 0. The predicted octanol–water partition coefficient (Wildman–Crippen LogP) is 1.92. The molecule has 0 saturated heterocycles. The van der Waals surface area contributed by atoms with E-state index < -0.39 is 10.0 Å². The van der Waals surface area contributed by atoms with Crippen molar-refractivity contribution in [2.75, 3.05) is 16.6 Å². The van der Waals surface area contributed by atoms with Gasteiger partial charge in [0.15, 0.2) is 0 Å². The van der Waals surface area contributed by atoms with Gasteiger partial charge in [0.1, 0.15) is 5.82 Å². The van der Waals surface area contributed by atoms with Gasteiger partial charge in [0.2, 0.25) is 5.88 Å². The van der Waals surface area contributed by atoms with Gasteiger partial charge < -0.3 is 9.84 Å². The molecule has 0 spiro atoms. The Bertz CT molecular complexity index is 709. The Hall–Kier alpha value is -2.09. The highest BCUT2D eigenvalue weighted by molar-refractivity contribution is 7.92. The molecular weight excluding hydrogens is 280 g/mol. The molecule has 20 heavy (non-hydrogen) atoms. The number of aromatic nitrogens is 2. The normalized spacial score (nSPS) is 11.3. The summed E-state index contributed by atoms with van der Waals surface area (Å²) in [4.78, 5) is 4.14. The van der Waals surface area contributed by atoms with Crippen LogP contribution in [0.3, 0.4) is 0 Å². The van der Waals surface area contributed by atoms with Crippen LogP contribution in [0.2, 0.25) is 0 Å². The second-order valence-electron chi connectivity index (χ2n) is 4.23. The van der Waals surface area contributed by atoms with Crippen LogP contribution in [0.5, 0.6) is 0 Å². The summed E-state index contributed by atoms with van der Waals surface area (Å²) in [6, 6.07) is 2.88. The number of pyridine rings is 1. The summed E-state index contributed by atoms with van der Waals surface area (Å²) < 4.78 is 31.9. The largest absolute Gasteiger partial charge is 0.370 e. The maximum absolute atomic E-state index is 12.3. The Kier molecular flexibility index (Phi) is 3.93. The lowest BCUT2D eigenvalue weighted by Gasteiger charge is -2.07. The zero-order chi connectivity index (χ0) is 14.8. The van der Waals surface area contributed by atoms with Crippen LogP contribution in [-0.2, 0) is 10.0 Å². The summed E-state index contributed by atoms with van der Waals surface area (Å²) in [5.74, 6) is 0.630. The van der Waals surface area contributed by atoms with E-state index in [-0.39, 0.29) is 10.8 Å². The van der Waals surface area contributed by atoms with E-state index in [0.717, 1.165) is 0 Å². The van der Waals surface area contributed by atoms with Crippen molar-refractivity contribution in [2.24, 2.45) is 0 Å². The quantitative estimate of drug-likeness (QED) is 0.875.